The van der Waals surface area contributed by atoms with Gasteiger partial charge in [-0.05, 0) is 127 Å². The van der Waals surface area contributed by atoms with Crippen LogP contribution in [0.1, 0.15) is 65.6 Å². The van der Waals surface area contributed by atoms with Gasteiger partial charge in [0.15, 0.2) is 0 Å². The van der Waals surface area contributed by atoms with Crippen LogP contribution >= 0.6 is 0 Å². The first-order chi connectivity index (χ1) is 28.5. The van der Waals surface area contributed by atoms with E-state index in [9.17, 15) is 0 Å². The van der Waals surface area contributed by atoms with Crippen LogP contribution in [0.5, 0.6) is 0 Å². The number of hydrogen-bond donors (Lipinski definition) is 0. The molecular weight excluding hydrogens is 699 g/mol. The summed E-state index contributed by atoms with van der Waals surface area (Å²) >= 11 is 0. The standard InChI is InChI=1S/C57H43N/c1-55(2)34-33-39(37-55)56(38-17-5-3-6-18-38)49-25-13-12-24-46(49)48-35-41(30-32-53(48)56)58(40-19-7-4-8-20-40)42-29-31-47-45-23-11-16-28-52(45)57(54(47)36-42)50-26-14-9-21-43(50)44-22-10-15-27-51(44)57/h3-9,11-21,23-37H,10,22H2,1-2H3. The SMILES string of the molecule is CC1(C)C=CC(C2(c3ccccc3)c3ccccc3-c3cc(N(c4ccccc4)c4ccc5c(c4)C4(C6=C(CCC=C6)c6ccccc64)c4ccccc4-5)ccc32)=C1. The second-order valence-corrected chi connectivity index (χ2v) is 17.2. The number of rotatable bonds is 5. The van der Waals surface area contributed by atoms with E-state index in [-0.39, 0.29) is 10.8 Å². The highest BCUT2D eigenvalue weighted by Crippen LogP contribution is 2.64. The molecule has 1 spiro atoms. The molecule has 0 N–H and O–H groups in total. The molecule has 7 aromatic rings. The summed E-state index contributed by atoms with van der Waals surface area (Å²) in [6, 6.07) is 64.1. The van der Waals surface area contributed by atoms with Crippen LogP contribution in [-0.4, -0.2) is 0 Å². The molecule has 276 valence electrons. The monoisotopic (exact) mass is 741 g/mol. The molecule has 12 rings (SSSR count). The number of fused-ring (bicyclic) bond motifs is 12. The summed E-state index contributed by atoms with van der Waals surface area (Å²) in [6.45, 7) is 4.62. The van der Waals surface area contributed by atoms with Crippen molar-refractivity contribution in [3.05, 3.63) is 250 Å². The molecule has 0 saturated carbocycles. The summed E-state index contributed by atoms with van der Waals surface area (Å²) in [7, 11) is 0. The second-order valence-electron chi connectivity index (χ2n) is 17.2. The molecule has 2 atom stereocenters. The van der Waals surface area contributed by atoms with Crippen molar-refractivity contribution in [2.75, 3.05) is 4.90 Å². The lowest BCUT2D eigenvalue weighted by molar-refractivity contribution is 0.628. The molecule has 2 unspecified atom stereocenters. The molecule has 0 aromatic heterocycles. The Hall–Kier alpha value is -6.70. The highest BCUT2D eigenvalue weighted by atomic mass is 15.1. The van der Waals surface area contributed by atoms with E-state index in [1.807, 2.05) is 0 Å². The fourth-order valence-corrected chi connectivity index (χ4v) is 11.4. The van der Waals surface area contributed by atoms with Crippen LogP contribution in [0.25, 0.3) is 27.8 Å². The Morgan fingerprint density at radius 1 is 0.448 bits per heavy atom. The average molecular weight is 742 g/mol. The summed E-state index contributed by atoms with van der Waals surface area (Å²) in [5.41, 5.74) is 21.7. The van der Waals surface area contributed by atoms with E-state index in [0.717, 1.165) is 29.9 Å². The van der Waals surface area contributed by atoms with Gasteiger partial charge >= 0.3 is 0 Å². The summed E-state index contributed by atoms with van der Waals surface area (Å²) in [4.78, 5) is 2.48. The van der Waals surface area contributed by atoms with E-state index >= 15 is 0 Å². The Morgan fingerprint density at radius 3 is 1.74 bits per heavy atom. The zero-order chi connectivity index (χ0) is 38.6. The van der Waals surface area contributed by atoms with Gasteiger partial charge in [0.05, 0.1) is 10.8 Å². The first-order valence-electron chi connectivity index (χ1n) is 20.8. The quantitative estimate of drug-likeness (QED) is 0.170. The van der Waals surface area contributed by atoms with Crippen LogP contribution < -0.4 is 4.90 Å². The van der Waals surface area contributed by atoms with Gasteiger partial charge in [0, 0.05) is 22.5 Å². The van der Waals surface area contributed by atoms with Gasteiger partial charge in [-0.1, -0.05) is 178 Å². The van der Waals surface area contributed by atoms with E-state index in [0.29, 0.717) is 0 Å². The van der Waals surface area contributed by atoms with Gasteiger partial charge in [-0.3, -0.25) is 0 Å². The lowest BCUT2D eigenvalue weighted by Crippen LogP contribution is -2.29. The third-order valence-electron chi connectivity index (χ3n) is 13.7. The van der Waals surface area contributed by atoms with Gasteiger partial charge in [0.25, 0.3) is 0 Å². The van der Waals surface area contributed by atoms with Crippen molar-refractivity contribution in [1.29, 1.82) is 0 Å². The van der Waals surface area contributed by atoms with Crippen molar-refractivity contribution in [3.8, 4) is 22.3 Å². The smallest absolute Gasteiger partial charge is 0.0722 e. The molecule has 0 aliphatic heterocycles. The van der Waals surface area contributed by atoms with Crippen LogP contribution in [0.4, 0.5) is 17.1 Å². The van der Waals surface area contributed by atoms with E-state index in [4.69, 9.17) is 0 Å². The van der Waals surface area contributed by atoms with Crippen molar-refractivity contribution in [2.24, 2.45) is 5.41 Å². The highest BCUT2D eigenvalue weighted by Gasteiger charge is 2.53. The van der Waals surface area contributed by atoms with Gasteiger partial charge in [-0.2, -0.15) is 0 Å². The van der Waals surface area contributed by atoms with Crippen molar-refractivity contribution < 1.29 is 0 Å². The lowest BCUT2D eigenvalue weighted by atomic mass is 9.67. The van der Waals surface area contributed by atoms with E-state index in [1.54, 1.807) is 0 Å². The van der Waals surface area contributed by atoms with Gasteiger partial charge in [0.1, 0.15) is 0 Å². The Bertz CT molecular complexity index is 2970. The Labute approximate surface area is 341 Å². The summed E-state index contributed by atoms with van der Waals surface area (Å²) in [5, 5.41) is 0. The van der Waals surface area contributed by atoms with E-state index in [1.165, 1.54) is 77.9 Å². The molecule has 1 nitrogen and oxygen atoms in total. The third kappa shape index (κ3) is 4.37. The molecule has 0 fully saturated rings. The van der Waals surface area contributed by atoms with Crippen LogP contribution in [0.15, 0.2) is 211 Å². The molecule has 0 heterocycles. The fourth-order valence-electron chi connectivity index (χ4n) is 11.4. The topological polar surface area (TPSA) is 3.24 Å². The average Bonchev–Trinajstić information content (AvgIpc) is 3.98. The van der Waals surface area contributed by atoms with Crippen molar-refractivity contribution in [3.63, 3.8) is 0 Å². The molecule has 7 aromatic carbocycles. The molecule has 5 aliphatic carbocycles. The minimum absolute atomic E-state index is 0.0203. The molecule has 0 amide bonds. The molecule has 0 bridgehead atoms. The number of anilines is 3. The fraction of sp³-hybridized carbons (Fsp3) is 0.123. The maximum Gasteiger partial charge on any atom is 0.0722 e. The van der Waals surface area contributed by atoms with E-state index < -0.39 is 5.41 Å². The predicted molar refractivity (Wildman–Crippen MR) is 241 cm³/mol. The Kier molecular flexibility index (Phi) is 7.01. The maximum absolute atomic E-state index is 2.52. The van der Waals surface area contributed by atoms with Crippen LogP contribution in [-0.2, 0) is 10.8 Å². The number of hydrogen-bond acceptors (Lipinski definition) is 1. The van der Waals surface area contributed by atoms with Crippen LogP contribution in [0.2, 0.25) is 0 Å². The van der Waals surface area contributed by atoms with Crippen LogP contribution in [0.3, 0.4) is 0 Å². The second kappa shape index (κ2) is 12.2. The lowest BCUT2D eigenvalue weighted by Gasteiger charge is -2.35. The zero-order valence-electron chi connectivity index (χ0n) is 32.9. The van der Waals surface area contributed by atoms with Gasteiger partial charge in [-0.15, -0.1) is 0 Å². The molecule has 5 aliphatic rings. The van der Waals surface area contributed by atoms with Crippen molar-refractivity contribution in [2.45, 2.75) is 37.5 Å². The minimum Gasteiger partial charge on any atom is -0.310 e. The molecule has 1 heteroatoms. The summed E-state index contributed by atoms with van der Waals surface area (Å²) in [5.74, 6) is 0. The zero-order valence-corrected chi connectivity index (χ0v) is 32.9. The number of nitrogens with zero attached hydrogens (tertiary/aromatic N) is 1. The first-order valence-corrected chi connectivity index (χ1v) is 20.8. The normalized spacial score (nSPS) is 21.0. The molecular formula is C57H43N. The third-order valence-corrected chi connectivity index (χ3v) is 13.7. The van der Waals surface area contributed by atoms with Gasteiger partial charge in [0.2, 0.25) is 0 Å². The number of benzene rings is 7. The molecule has 0 radical (unpaired) electrons. The summed E-state index contributed by atoms with van der Waals surface area (Å²) in [6.07, 6.45) is 14.2. The van der Waals surface area contributed by atoms with Gasteiger partial charge < -0.3 is 4.90 Å². The van der Waals surface area contributed by atoms with Crippen LogP contribution in [0, 0.1) is 5.41 Å². The Morgan fingerprint density at radius 2 is 1.02 bits per heavy atom. The largest absolute Gasteiger partial charge is 0.310 e. The number of allylic oxidation sites excluding steroid dienone is 8. The van der Waals surface area contributed by atoms with Gasteiger partial charge in [-0.25, -0.2) is 0 Å². The highest BCUT2D eigenvalue weighted by molar-refractivity contribution is 5.98. The Balaban J connectivity index is 1.10. The summed E-state index contributed by atoms with van der Waals surface area (Å²) < 4.78 is 0. The van der Waals surface area contributed by atoms with E-state index in [2.05, 4.69) is 219 Å². The molecule has 58 heavy (non-hydrogen) atoms. The molecule has 0 saturated heterocycles. The maximum atomic E-state index is 2.52. The predicted octanol–water partition coefficient (Wildman–Crippen LogP) is 14.4. The van der Waals surface area contributed by atoms with Crippen molar-refractivity contribution >= 4 is 22.6 Å². The first kappa shape index (κ1) is 33.4. The number of para-hydroxylation sites is 1. The van der Waals surface area contributed by atoms with Crippen molar-refractivity contribution in [1.82, 2.24) is 0 Å². The minimum atomic E-state index is -0.423.